The maximum absolute atomic E-state index is 13.1. The molecule has 73 heavy (non-hydrogen) atoms. The average molecular weight is 1040 g/mol. The van der Waals surface area contributed by atoms with Gasteiger partial charge in [0.2, 0.25) is 0 Å². The van der Waals surface area contributed by atoms with E-state index < -0.39 is 67.3 Å². The number of ether oxygens (including phenoxy) is 5. The van der Waals surface area contributed by atoms with Gasteiger partial charge in [-0.1, -0.05) is 225 Å². The van der Waals surface area contributed by atoms with E-state index >= 15 is 0 Å². The second-order valence-electron chi connectivity index (χ2n) is 21.0. The highest BCUT2D eigenvalue weighted by Gasteiger charge is 2.50. The van der Waals surface area contributed by atoms with Gasteiger partial charge in [0.05, 0.1) is 6.61 Å². The monoisotopic (exact) mass is 1030 g/mol. The zero-order valence-corrected chi connectivity index (χ0v) is 46.9. The minimum atomic E-state index is -1.90. The molecule has 12 nitrogen and oxygen atoms in total. The van der Waals surface area contributed by atoms with Crippen molar-refractivity contribution in [2.45, 2.75) is 327 Å². The zero-order valence-electron chi connectivity index (χ0n) is 46.9. The Bertz CT molecular complexity index is 1370. The molecule has 0 bridgehead atoms. The molecule has 0 aromatic carbocycles. The SMILES string of the molecule is CCCCCCCC/C=C\CCCCCCCCCCCC(=O)OC1C(OCC(COC(=O)CCCCCCC/C=C\CCCCCCCC)OC(=O)CCCCCCCCCCC)OC(C(=O)O)C(O)C1O. The number of rotatable bonds is 52. The molecule has 0 radical (unpaired) electrons. The normalized spacial score (nSPS) is 18.4. The van der Waals surface area contributed by atoms with Crippen molar-refractivity contribution >= 4 is 23.9 Å². The van der Waals surface area contributed by atoms with Crippen LogP contribution in [0.2, 0.25) is 0 Å². The predicted molar refractivity (Wildman–Crippen MR) is 294 cm³/mol. The number of unbranched alkanes of at least 4 members (excludes halogenated alkanes) is 34. The predicted octanol–water partition coefficient (Wildman–Crippen LogP) is 15.5. The Morgan fingerprint density at radius 2 is 0.781 bits per heavy atom. The minimum absolute atomic E-state index is 0.0620. The van der Waals surface area contributed by atoms with Crippen molar-refractivity contribution in [1.82, 2.24) is 0 Å². The quantitative estimate of drug-likeness (QED) is 0.0228. The van der Waals surface area contributed by atoms with Crippen LogP contribution < -0.4 is 0 Å². The van der Waals surface area contributed by atoms with Crippen LogP contribution in [-0.2, 0) is 42.9 Å². The first-order valence-electron chi connectivity index (χ1n) is 30.3. The molecule has 0 aliphatic carbocycles. The molecule has 0 spiro atoms. The van der Waals surface area contributed by atoms with Gasteiger partial charge >= 0.3 is 23.9 Å². The lowest BCUT2D eigenvalue weighted by atomic mass is 9.98. The average Bonchev–Trinajstić information content (AvgIpc) is 3.37. The van der Waals surface area contributed by atoms with Gasteiger partial charge in [0.25, 0.3) is 0 Å². The van der Waals surface area contributed by atoms with Crippen molar-refractivity contribution in [2.75, 3.05) is 13.2 Å². The van der Waals surface area contributed by atoms with E-state index in [1.165, 1.54) is 141 Å². The number of carbonyl (C=O) groups excluding carboxylic acids is 3. The number of carboxylic acid groups (broad SMARTS) is 1. The highest BCUT2D eigenvalue weighted by molar-refractivity contribution is 5.74. The number of carboxylic acids is 1. The van der Waals surface area contributed by atoms with Crippen LogP contribution >= 0.6 is 0 Å². The molecule has 6 atom stereocenters. The van der Waals surface area contributed by atoms with E-state index in [1.807, 2.05) is 0 Å². The van der Waals surface area contributed by atoms with E-state index in [0.29, 0.717) is 19.3 Å². The molecular formula is C61H110O12. The number of allylic oxidation sites excluding steroid dienone is 4. The fourth-order valence-electron chi connectivity index (χ4n) is 9.30. The van der Waals surface area contributed by atoms with Crippen LogP contribution in [0.1, 0.15) is 290 Å². The molecule has 1 fully saturated rings. The van der Waals surface area contributed by atoms with Crippen molar-refractivity contribution in [3.63, 3.8) is 0 Å². The van der Waals surface area contributed by atoms with Gasteiger partial charge in [-0.2, -0.15) is 0 Å². The maximum atomic E-state index is 13.1. The van der Waals surface area contributed by atoms with Crippen molar-refractivity contribution in [3.05, 3.63) is 24.3 Å². The minimum Gasteiger partial charge on any atom is -0.479 e. The third kappa shape index (κ3) is 40.2. The smallest absolute Gasteiger partial charge is 0.335 e. The van der Waals surface area contributed by atoms with Crippen molar-refractivity contribution in [1.29, 1.82) is 0 Å². The summed E-state index contributed by atoms with van der Waals surface area (Å²) in [5, 5.41) is 31.5. The van der Waals surface area contributed by atoms with E-state index in [9.17, 15) is 34.5 Å². The van der Waals surface area contributed by atoms with Gasteiger partial charge in [0, 0.05) is 19.3 Å². The summed E-state index contributed by atoms with van der Waals surface area (Å²) in [6.45, 7) is 5.98. The van der Waals surface area contributed by atoms with E-state index in [1.54, 1.807) is 0 Å². The van der Waals surface area contributed by atoms with Gasteiger partial charge in [0.15, 0.2) is 24.6 Å². The number of aliphatic carboxylic acids is 1. The van der Waals surface area contributed by atoms with E-state index in [0.717, 1.165) is 89.9 Å². The molecule has 0 aromatic heterocycles. The van der Waals surface area contributed by atoms with Crippen molar-refractivity contribution in [3.8, 4) is 0 Å². The van der Waals surface area contributed by atoms with E-state index in [2.05, 4.69) is 45.1 Å². The second-order valence-corrected chi connectivity index (χ2v) is 21.0. The van der Waals surface area contributed by atoms with Crippen LogP contribution in [0.5, 0.6) is 0 Å². The maximum Gasteiger partial charge on any atom is 0.335 e. The molecular weight excluding hydrogens is 925 g/mol. The topological polar surface area (TPSA) is 175 Å². The molecule has 1 aliphatic rings. The summed E-state index contributed by atoms with van der Waals surface area (Å²) in [4.78, 5) is 51.0. The Labute approximate surface area is 445 Å². The Kier molecular flexibility index (Phi) is 46.8. The van der Waals surface area contributed by atoms with E-state index in [4.69, 9.17) is 23.7 Å². The molecule has 0 amide bonds. The Balaban J connectivity index is 2.61. The van der Waals surface area contributed by atoms with Gasteiger partial charge in [-0.25, -0.2) is 4.79 Å². The molecule has 426 valence electrons. The van der Waals surface area contributed by atoms with Crippen LogP contribution in [0.25, 0.3) is 0 Å². The summed E-state index contributed by atoms with van der Waals surface area (Å²) >= 11 is 0. The lowest BCUT2D eigenvalue weighted by molar-refractivity contribution is -0.301. The Hall–Kier alpha value is -2.80. The third-order valence-corrected chi connectivity index (χ3v) is 14.0. The summed E-state index contributed by atoms with van der Waals surface area (Å²) in [5.41, 5.74) is 0. The molecule has 1 saturated heterocycles. The molecule has 3 N–H and O–H groups in total. The number of aliphatic hydroxyl groups is 2. The fraction of sp³-hybridized carbons (Fsp3) is 0.869. The summed E-state index contributed by atoms with van der Waals surface area (Å²) in [6, 6.07) is 0. The number of hydrogen-bond donors (Lipinski definition) is 3. The van der Waals surface area contributed by atoms with Gasteiger partial charge in [0.1, 0.15) is 18.8 Å². The number of esters is 3. The second kappa shape index (κ2) is 50.0. The summed E-state index contributed by atoms with van der Waals surface area (Å²) in [6.07, 6.45) is 44.4. The lowest BCUT2D eigenvalue weighted by Gasteiger charge is -2.40. The van der Waals surface area contributed by atoms with Gasteiger partial charge in [-0.15, -0.1) is 0 Å². The van der Waals surface area contributed by atoms with Gasteiger partial charge < -0.3 is 39.0 Å². The standard InChI is InChI=1S/C61H110O12/c1-4-7-10-13-16-19-21-23-25-26-27-28-30-32-34-37-40-43-46-49-55(64)72-59-57(66)56(65)58(60(67)68)73-61(59)70-51-52(71-54(63)48-45-42-39-35-18-15-12-9-6-3)50-69-53(62)47-44-41-38-36-33-31-29-24-22-20-17-14-11-8-5-2/h23-25,29,52,56-59,61,65-66H,4-22,26-28,30-51H2,1-3H3,(H,67,68)/b25-23-,29-24-. The first kappa shape index (κ1) is 68.2. The first-order valence-corrected chi connectivity index (χ1v) is 30.3. The molecule has 12 heteroatoms. The van der Waals surface area contributed by atoms with Gasteiger partial charge in [-0.05, 0) is 70.6 Å². The molecule has 6 unspecified atom stereocenters. The van der Waals surface area contributed by atoms with Crippen LogP contribution in [0.3, 0.4) is 0 Å². The Morgan fingerprint density at radius 1 is 0.438 bits per heavy atom. The summed E-state index contributed by atoms with van der Waals surface area (Å²) in [5.74, 6) is -3.11. The number of hydrogen-bond acceptors (Lipinski definition) is 11. The van der Waals surface area contributed by atoms with Crippen molar-refractivity contribution < 1.29 is 58.2 Å². The Morgan fingerprint density at radius 3 is 1.16 bits per heavy atom. The van der Waals surface area contributed by atoms with E-state index in [-0.39, 0.29) is 25.9 Å². The van der Waals surface area contributed by atoms with Crippen LogP contribution in [0.15, 0.2) is 24.3 Å². The van der Waals surface area contributed by atoms with Crippen molar-refractivity contribution in [2.24, 2.45) is 0 Å². The van der Waals surface area contributed by atoms with Crippen LogP contribution in [-0.4, -0.2) is 89.2 Å². The third-order valence-electron chi connectivity index (χ3n) is 14.0. The van der Waals surface area contributed by atoms with Gasteiger partial charge in [-0.3, -0.25) is 14.4 Å². The molecule has 1 heterocycles. The highest BCUT2D eigenvalue weighted by Crippen LogP contribution is 2.27. The van der Waals surface area contributed by atoms with Crippen LogP contribution in [0, 0.1) is 0 Å². The molecule has 0 saturated carbocycles. The highest BCUT2D eigenvalue weighted by atomic mass is 16.7. The largest absolute Gasteiger partial charge is 0.479 e. The molecule has 0 aromatic rings. The molecule has 1 rings (SSSR count). The van der Waals surface area contributed by atoms with Crippen LogP contribution in [0.4, 0.5) is 0 Å². The summed E-state index contributed by atoms with van der Waals surface area (Å²) in [7, 11) is 0. The number of carbonyl (C=O) groups is 4. The number of aliphatic hydroxyl groups excluding tert-OH is 2. The fourth-order valence-corrected chi connectivity index (χ4v) is 9.30. The first-order chi connectivity index (χ1) is 35.6. The summed E-state index contributed by atoms with van der Waals surface area (Å²) < 4.78 is 28.4. The zero-order chi connectivity index (χ0) is 53.3. The lowest BCUT2D eigenvalue weighted by Crippen LogP contribution is -2.61. The molecule has 1 aliphatic heterocycles.